The Bertz CT molecular complexity index is 174. The van der Waals surface area contributed by atoms with E-state index in [0.717, 1.165) is 7.02 Å². The van der Waals surface area contributed by atoms with Crippen molar-refractivity contribution in [2.45, 2.75) is 0 Å². The molecule has 0 aromatic heterocycles. The molecule has 0 amide bonds. The van der Waals surface area contributed by atoms with E-state index in [9.17, 15) is 0 Å². The summed E-state index contributed by atoms with van der Waals surface area (Å²) < 4.78 is 1.45. The van der Waals surface area contributed by atoms with Gasteiger partial charge in [-0.05, 0) is 0 Å². The van der Waals surface area contributed by atoms with E-state index in [0.29, 0.717) is 0 Å². The molecule has 1 aromatic rings. The molecular weight excluding hydrogens is 382 g/mol. The molecule has 0 bridgehead atoms. The summed E-state index contributed by atoms with van der Waals surface area (Å²) in [6, 6.07) is 8.84. The van der Waals surface area contributed by atoms with Crippen molar-refractivity contribution < 1.29 is 20.4 Å². The molecule has 1 aromatic carbocycles. The van der Waals surface area contributed by atoms with Crippen LogP contribution in [0.4, 0.5) is 0 Å². The fourth-order valence-corrected chi connectivity index (χ4v) is 3.51. The molecule has 0 aliphatic carbocycles. The predicted molar refractivity (Wildman–Crippen MR) is 50.3 cm³/mol. The Hall–Kier alpha value is 1.11. The molecule has 0 fully saturated rings. The maximum absolute atomic E-state index is 3.56. The molecule has 0 saturated carbocycles. The van der Waals surface area contributed by atoms with Gasteiger partial charge in [-0.3, -0.25) is 0 Å². The Labute approximate surface area is 89.0 Å². The van der Waals surface area contributed by atoms with E-state index in [-0.39, 0.29) is 20.4 Å². The van der Waals surface area contributed by atoms with Crippen molar-refractivity contribution in [1.29, 1.82) is 0 Å². The zero-order valence-corrected chi connectivity index (χ0v) is 11.4. The Balaban J connectivity index is 2.80. The van der Waals surface area contributed by atoms with Crippen LogP contribution >= 0.6 is 21.8 Å². The van der Waals surface area contributed by atoms with Gasteiger partial charge in [0.25, 0.3) is 0 Å². The normalized spacial score (nSPS) is 10.2. The van der Waals surface area contributed by atoms with Crippen LogP contribution in [-0.4, -0.2) is 14.8 Å². The van der Waals surface area contributed by atoms with Gasteiger partial charge in [0.15, 0.2) is 0 Å². The molecule has 0 nitrogen and oxygen atoms in total. The molecule has 0 aliphatic heterocycles. The maximum atomic E-state index is 3.56. The summed E-state index contributed by atoms with van der Waals surface area (Å²) in [5.74, 6) is 0. The third-order valence-corrected chi connectivity index (χ3v) is 6.29. The van der Waals surface area contributed by atoms with E-state index in [1.54, 1.807) is 0 Å². The van der Waals surface area contributed by atoms with Crippen LogP contribution in [0.3, 0.4) is 0 Å². The van der Waals surface area contributed by atoms with Crippen molar-refractivity contribution in [2.75, 3.05) is 0 Å². The van der Waals surface area contributed by atoms with E-state index in [2.05, 4.69) is 53.8 Å². The van der Waals surface area contributed by atoms with Gasteiger partial charge >= 0.3 is 90.0 Å². The Morgan fingerprint density at radius 1 is 1.30 bits per heavy atom. The fraction of sp³-hybridized carbons (Fsp3) is 0. The zero-order valence-electron chi connectivity index (χ0n) is 5.07. The number of rotatable bonds is 2. The van der Waals surface area contributed by atoms with E-state index in [1.165, 1.54) is 8.76 Å². The summed E-state index contributed by atoms with van der Waals surface area (Å²) >= 11 is 2.50. The standard InChI is InChI=1S/C6H4I2Si2/c7-10-6-3-1-5(8-9)2-4-6/h1-4H/q-1. The predicted octanol–water partition coefficient (Wildman–Crippen LogP) is -2.29. The SMILES string of the molecule is [Si][I-]c1ccc([Si]I)cc1. The Morgan fingerprint density at radius 2 is 1.90 bits per heavy atom. The van der Waals surface area contributed by atoms with Crippen LogP contribution in [0, 0.1) is 3.57 Å². The van der Waals surface area contributed by atoms with Gasteiger partial charge in [-0.1, -0.05) is 0 Å². The molecule has 10 heavy (non-hydrogen) atoms. The van der Waals surface area contributed by atoms with Gasteiger partial charge in [0, 0.05) is 0 Å². The molecule has 0 heterocycles. The van der Waals surface area contributed by atoms with Crippen molar-refractivity contribution in [3.05, 3.63) is 27.8 Å². The van der Waals surface area contributed by atoms with E-state index in [4.69, 9.17) is 0 Å². The molecule has 1 rings (SSSR count). The number of halogens is 2. The molecule has 0 saturated heterocycles. The first-order chi connectivity index (χ1) is 4.86. The summed E-state index contributed by atoms with van der Waals surface area (Å²) in [5.41, 5.74) is 0. The third-order valence-electron chi connectivity index (χ3n) is 1.06. The Kier molecular flexibility index (Phi) is 4.50. The monoisotopic (exact) mass is 386 g/mol. The molecular formula is C6H4I2Si2-. The summed E-state index contributed by atoms with van der Waals surface area (Å²) in [6.07, 6.45) is 0. The minimum atomic E-state index is 0.0975. The zero-order chi connectivity index (χ0) is 7.40. The van der Waals surface area contributed by atoms with Gasteiger partial charge in [0.1, 0.15) is 0 Å². The van der Waals surface area contributed by atoms with Crippen LogP contribution in [0.5, 0.6) is 0 Å². The van der Waals surface area contributed by atoms with Crippen LogP contribution in [0.2, 0.25) is 0 Å². The van der Waals surface area contributed by atoms with Gasteiger partial charge in [-0.15, -0.1) is 0 Å². The summed E-state index contributed by atoms with van der Waals surface area (Å²) in [6.45, 7) is 0. The molecule has 4 heteroatoms. The number of benzene rings is 1. The second-order valence-electron chi connectivity index (χ2n) is 1.70. The van der Waals surface area contributed by atoms with E-state index in [1.807, 2.05) is 0 Å². The number of hydrogen-bond acceptors (Lipinski definition) is 0. The summed E-state index contributed by atoms with van der Waals surface area (Å²) in [7, 11) is 4.45. The molecule has 0 aliphatic rings. The van der Waals surface area contributed by atoms with Crippen molar-refractivity contribution in [3.63, 3.8) is 0 Å². The van der Waals surface area contributed by atoms with Crippen molar-refractivity contribution in [2.24, 2.45) is 0 Å². The molecule has 0 spiro atoms. The molecule has 0 N–H and O–H groups in total. The van der Waals surface area contributed by atoms with Crippen LogP contribution in [0.15, 0.2) is 24.3 Å². The number of hydrogen-bond donors (Lipinski definition) is 0. The second kappa shape index (κ2) is 4.88. The average molecular weight is 386 g/mol. The molecule has 0 atom stereocenters. The van der Waals surface area contributed by atoms with E-state index < -0.39 is 0 Å². The first-order valence-corrected chi connectivity index (χ1v) is 11.4. The van der Waals surface area contributed by atoms with Crippen molar-refractivity contribution in [3.8, 4) is 0 Å². The van der Waals surface area contributed by atoms with Gasteiger partial charge in [0.05, 0.1) is 0 Å². The first-order valence-electron chi connectivity index (χ1n) is 2.64. The van der Waals surface area contributed by atoms with Crippen LogP contribution in [-0.2, 0) is 0 Å². The van der Waals surface area contributed by atoms with E-state index >= 15 is 0 Å². The van der Waals surface area contributed by atoms with Gasteiger partial charge < -0.3 is 0 Å². The van der Waals surface area contributed by atoms with Gasteiger partial charge in [-0.25, -0.2) is 0 Å². The Morgan fingerprint density at radius 3 is 2.30 bits per heavy atom. The average Bonchev–Trinajstić information content (AvgIpc) is 2.05. The second-order valence-corrected chi connectivity index (χ2v) is 7.13. The third kappa shape index (κ3) is 2.63. The van der Waals surface area contributed by atoms with Crippen LogP contribution in [0.1, 0.15) is 0 Å². The summed E-state index contributed by atoms with van der Waals surface area (Å²) in [5, 5.41) is 1.44. The first kappa shape index (κ1) is 9.20. The molecule has 0 unspecified atom stereocenters. The quantitative estimate of drug-likeness (QED) is 0.305. The van der Waals surface area contributed by atoms with Crippen molar-refractivity contribution in [1.82, 2.24) is 0 Å². The molecule has 5 radical (unpaired) electrons. The topological polar surface area (TPSA) is 0 Å². The summed E-state index contributed by atoms with van der Waals surface area (Å²) in [4.78, 5) is 0. The minimum absolute atomic E-state index is 0.0975. The van der Waals surface area contributed by atoms with Crippen LogP contribution < -0.4 is 25.6 Å². The van der Waals surface area contributed by atoms with Crippen molar-refractivity contribution >= 4 is 41.7 Å². The molecule has 51 valence electrons. The van der Waals surface area contributed by atoms with Crippen LogP contribution in [0.25, 0.3) is 0 Å². The van der Waals surface area contributed by atoms with Gasteiger partial charge in [0.2, 0.25) is 0 Å². The van der Waals surface area contributed by atoms with Gasteiger partial charge in [-0.2, -0.15) is 0 Å². The fourth-order valence-electron chi connectivity index (χ4n) is 0.576.